The molecule has 0 spiro atoms. The van der Waals surface area contributed by atoms with Gasteiger partial charge in [-0.3, -0.25) is 9.59 Å². The third-order valence-corrected chi connectivity index (χ3v) is 4.78. The van der Waals surface area contributed by atoms with Crippen LogP contribution in [0.15, 0.2) is 65.2 Å². The van der Waals surface area contributed by atoms with E-state index in [-0.39, 0.29) is 24.3 Å². The van der Waals surface area contributed by atoms with Gasteiger partial charge in [-0.25, -0.2) is 4.98 Å². The second kappa shape index (κ2) is 7.68. The zero-order valence-electron chi connectivity index (χ0n) is 15.6. The molecule has 1 aromatic heterocycles. The molecule has 4 rings (SSSR count). The lowest BCUT2D eigenvalue weighted by atomic mass is 10.1. The van der Waals surface area contributed by atoms with Crippen molar-refractivity contribution in [3.63, 3.8) is 0 Å². The minimum atomic E-state index is -0.273. The summed E-state index contributed by atoms with van der Waals surface area (Å²) in [5, 5.41) is 2.83. The summed E-state index contributed by atoms with van der Waals surface area (Å²) in [4.78, 5) is 30.9. The maximum atomic E-state index is 12.7. The summed E-state index contributed by atoms with van der Waals surface area (Å²) in [6, 6.07) is 16.8. The van der Waals surface area contributed by atoms with E-state index in [0.717, 1.165) is 18.4 Å². The molecule has 1 aliphatic carbocycles. The van der Waals surface area contributed by atoms with Crippen LogP contribution in [0.3, 0.4) is 0 Å². The van der Waals surface area contributed by atoms with E-state index in [1.54, 1.807) is 36.3 Å². The highest BCUT2D eigenvalue weighted by atomic mass is 16.4. The molecule has 3 aromatic rings. The van der Waals surface area contributed by atoms with Crippen molar-refractivity contribution in [1.29, 1.82) is 0 Å². The average Bonchev–Trinajstić information content (AvgIpc) is 3.49. The topological polar surface area (TPSA) is 75.4 Å². The Morgan fingerprint density at radius 1 is 1.11 bits per heavy atom. The van der Waals surface area contributed by atoms with Crippen LogP contribution in [-0.2, 0) is 11.3 Å². The fourth-order valence-electron chi connectivity index (χ4n) is 3.06. The van der Waals surface area contributed by atoms with Crippen LogP contribution < -0.4 is 10.2 Å². The van der Waals surface area contributed by atoms with E-state index in [0.29, 0.717) is 22.9 Å². The number of hydrogen-bond donors (Lipinski definition) is 1. The number of carbonyl (C=O) groups excluding carboxylic acids is 2. The Hall–Kier alpha value is -3.41. The van der Waals surface area contributed by atoms with Gasteiger partial charge in [-0.15, -0.1) is 0 Å². The van der Waals surface area contributed by atoms with Gasteiger partial charge in [-0.2, -0.15) is 0 Å². The Kier molecular flexibility index (Phi) is 4.93. The number of anilines is 1. The van der Waals surface area contributed by atoms with E-state index in [9.17, 15) is 9.59 Å². The Balaban J connectivity index is 1.45. The second-order valence-electron chi connectivity index (χ2n) is 6.86. The van der Waals surface area contributed by atoms with Crippen LogP contribution >= 0.6 is 0 Å². The summed E-state index contributed by atoms with van der Waals surface area (Å²) in [5.74, 6) is 0.947. The van der Waals surface area contributed by atoms with Crippen molar-refractivity contribution in [2.24, 2.45) is 5.92 Å². The van der Waals surface area contributed by atoms with Gasteiger partial charge in [0, 0.05) is 18.5 Å². The van der Waals surface area contributed by atoms with Crippen LogP contribution in [0.25, 0.3) is 11.3 Å². The van der Waals surface area contributed by atoms with Gasteiger partial charge in [-0.05, 0) is 25.0 Å². The monoisotopic (exact) mass is 375 g/mol. The van der Waals surface area contributed by atoms with Gasteiger partial charge in [0.25, 0.3) is 5.91 Å². The number of nitrogens with one attached hydrogen (secondary N) is 1. The number of aromatic nitrogens is 1. The van der Waals surface area contributed by atoms with Crippen LogP contribution in [0.2, 0.25) is 0 Å². The molecule has 142 valence electrons. The zero-order valence-corrected chi connectivity index (χ0v) is 15.6. The number of carbonyl (C=O) groups is 2. The normalized spacial score (nSPS) is 13.2. The van der Waals surface area contributed by atoms with E-state index in [2.05, 4.69) is 10.3 Å². The maximum absolute atomic E-state index is 12.7. The van der Waals surface area contributed by atoms with Crippen molar-refractivity contribution < 1.29 is 14.0 Å². The third-order valence-electron chi connectivity index (χ3n) is 4.78. The maximum Gasteiger partial charge on any atom is 0.253 e. The Morgan fingerprint density at radius 3 is 2.57 bits per heavy atom. The molecular formula is C22H21N3O3. The first-order valence-corrected chi connectivity index (χ1v) is 9.28. The van der Waals surface area contributed by atoms with Gasteiger partial charge >= 0.3 is 0 Å². The van der Waals surface area contributed by atoms with E-state index in [1.165, 1.54) is 0 Å². The van der Waals surface area contributed by atoms with Crippen LogP contribution in [0.1, 0.15) is 29.1 Å². The number of nitrogens with zero attached hydrogens (tertiary/aromatic N) is 2. The standard InChI is InChI=1S/C22H21N3O3/c1-25(22(27)16-11-12-16)18-10-6-5-9-17(18)21(26)24-14-20-23-13-19(28-20)15-7-3-2-4-8-15/h2-10,13,16H,11-12,14H2,1H3,(H,24,26). The SMILES string of the molecule is CN(C(=O)C1CC1)c1ccccc1C(=O)NCc1ncc(-c2ccccc2)o1. The van der Waals surface area contributed by atoms with E-state index in [1.807, 2.05) is 36.4 Å². The van der Waals surface area contributed by atoms with Crippen molar-refractivity contribution in [2.45, 2.75) is 19.4 Å². The third kappa shape index (κ3) is 3.81. The number of rotatable bonds is 6. The van der Waals surface area contributed by atoms with Crippen LogP contribution in [0.4, 0.5) is 5.69 Å². The number of benzene rings is 2. The predicted molar refractivity (Wildman–Crippen MR) is 106 cm³/mol. The van der Waals surface area contributed by atoms with Crippen LogP contribution in [-0.4, -0.2) is 23.8 Å². The van der Waals surface area contributed by atoms with Crippen molar-refractivity contribution in [2.75, 3.05) is 11.9 Å². The fourth-order valence-corrected chi connectivity index (χ4v) is 3.06. The molecule has 1 saturated carbocycles. The molecule has 0 aliphatic heterocycles. The lowest BCUT2D eigenvalue weighted by molar-refractivity contribution is -0.119. The summed E-state index contributed by atoms with van der Waals surface area (Å²) in [5.41, 5.74) is 1.99. The first-order valence-electron chi connectivity index (χ1n) is 9.28. The molecule has 0 radical (unpaired) electrons. The van der Waals surface area contributed by atoms with Crippen LogP contribution in [0.5, 0.6) is 0 Å². The van der Waals surface area contributed by atoms with Gasteiger partial charge in [0.1, 0.15) is 0 Å². The van der Waals surface area contributed by atoms with Gasteiger partial charge < -0.3 is 14.6 Å². The Labute approximate surface area is 163 Å². The highest BCUT2D eigenvalue weighted by Crippen LogP contribution is 2.33. The molecule has 0 bridgehead atoms. The smallest absolute Gasteiger partial charge is 0.253 e. The summed E-state index contributed by atoms with van der Waals surface area (Å²) in [7, 11) is 1.72. The molecule has 2 amide bonds. The molecule has 28 heavy (non-hydrogen) atoms. The predicted octanol–water partition coefficient (Wildman–Crippen LogP) is 3.64. The highest BCUT2D eigenvalue weighted by molar-refractivity contribution is 6.05. The molecule has 0 atom stereocenters. The molecule has 6 nitrogen and oxygen atoms in total. The molecular weight excluding hydrogens is 354 g/mol. The molecule has 0 saturated heterocycles. The summed E-state index contributed by atoms with van der Waals surface area (Å²) >= 11 is 0. The van der Waals surface area contributed by atoms with E-state index < -0.39 is 0 Å². The molecule has 1 aliphatic rings. The number of oxazole rings is 1. The Bertz CT molecular complexity index is 993. The lowest BCUT2D eigenvalue weighted by Crippen LogP contribution is -2.31. The quantitative estimate of drug-likeness (QED) is 0.714. The zero-order chi connectivity index (χ0) is 19.5. The van der Waals surface area contributed by atoms with E-state index >= 15 is 0 Å². The highest BCUT2D eigenvalue weighted by Gasteiger charge is 2.33. The van der Waals surface area contributed by atoms with Crippen molar-refractivity contribution in [3.05, 3.63) is 72.2 Å². The van der Waals surface area contributed by atoms with Crippen molar-refractivity contribution >= 4 is 17.5 Å². The van der Waals surface area contributed by atoms with Crippen LogP contribution in [0, 0.1) is 5.92 Å². The lowest BCUT2D eigenvalue weighted by Gasteiger charge is -2.20. The van der Waals surface area contributed by atoms with Gasteiger partial charge in [0.05, 0.1) is 24.0 Å². The second-order valence-corrected chi connectivity index (χ2v) is 6.86. The number of hydrogen-bond acceptors (Lipinski definition) is 4. The molecule has 1 N–H and O–H groups in total. The van der Waals surface area contributed by atoms with E-state index in [4.69, 9.17) is 4.42 Å². The fraction of sp³-hybridized carbons (Fsp3) is 0.227. The molecule has 1 heterocycles. The summed E-state index contributed by atoms with van der Waals surface area (Å²) in [6.07, 6.45) is 3.49. The van der Waals surface area contributed by atoms with Crippen molar-refractivity contribution in [3.8, 4) is 11.3 Å². The molecule has 6 heteroatoms. The number of amides is 2. The largest absolute Gasteiger partial charge is 0.439 e. The number of para-hydroxylation sites is 1. The van der Waals surface area contributed by atoms with Gasteiger partial charge in [0.15, 0.2) is 5.76 Å². The summed E-state index contributed by atoms with van der Waals surface area (Å²) in [6.45, 7) is 0.167. The Morgan fingerprint density at radius 2 is 1.82 bits per heavy atom. The van der Waals surface area contributed by atoms with Crippen molar-refractivity contribution in [1.82, 2.24) is 10.3 Å². The first kappa shape index (κ1) is 18.0. The molecule has 2 aromatic carbocycles. The first-order chi connectivity index (χ1) is 13.6. The van der Waals surface area contributed by atoms with Gasteiger partial charge in [-0.1, -0.05) is 42.5 Å². The minimum absolute atomic E-state index is 0.0560. The molecule has 1 fully saturated rings. The summed E-state index contributed by atoms with van der Waals surface area (Å²) < 4.78 is 5.72. The average molecular weight is 375 g/mol. The minimum Gasteiger partial charge on any atom is -0.439 e. The van der Waals surface area contributed by atoms with Gasteiger partial charge in [0.2, 0.25) is 11.8 Å². The molecule has 0 unspecified atom stereocenters.